The molecule has 0 radical (unpaired) electrons. The standard InChI is InChI=1S/C10H13N3O/c1-7(2)10(14)13-12-9-8(3)5-4-6-11-9/h4-6H,1H2,2-3H3,(H,11,12)(H,13,14). The average Bonchev–Trinajstić information content (AvgIpc) is 2.16. The first-order valence-corrected chi connectivity index (χ1v) is 4.24. The molecule has 0 unspecified atom stereocenters. The van der Waals surface area contributed by atoms with Gasteiger partial charge in [0.15, 0.2) is 0 Å². The third-order valence-electron chi connectivity index (χ3n) is 1.69. The van der Waals surface area contributed by atoms with Crippen LogP contribution in [0.2, 0.25) is 0 Å². The highest BCUT2D eigenvalue weighted by Gasteiger charge is 2.01. The summed E-state index contributed by atoms with van der Waals surface area (Å²) in [4.78, 5) is 15.2. The highest BCUT2D eigenvalue weighted by Crippen LogP contribution is 2.07. The molecule has 0 aromatic carbocycles. The van der Waals surface area contributed by atoms with Gasteiger partial charge in [-0.2, -0.15) is 0 Å². The predicted octanol–water partition coefficient (Wildman–Crippen LogP) is 1.41. The van der Waals surface area contributed by atoms with Gasteiger partial charge in [-0.25, -0.2) is 4.98 Å². The molecule has 0 fully saturated rings. The summed E-state index contributed by atoms with van der Waals surface area (Å²) in [5.41, 5.74) is 6.63. The highest BCUT2D eigenvalue weighted by molar-refractivity contribution is 5.92. The van der Waals surface area contributed by atoms with Gasteiger partial charge < -0.3 is 0 Å². The Morgan fingerprint density at radius 1 is 1.57 bits per heavy atom. The molecule has 0 aliphatic carbocycles. The molecule has 1 amide bonds. The van der Waals surface area contributed by atoms with E-state index in [0.717, 1.165) is 5.56 Å². The van der Waals surface area contributed by atoms with Crippen LogP contribution in [0.5, 0.6) is 0 Å². The van der Waals surface area contributed by atoms with Crippen LogP contribution in [0, 0.1) is 6.92 Å². The van der Waals surface area contributed by atoms with Crippen molar-refractivity contribution in [1.82, 2.24) is 10.4 Å². The molecule has 1 rings (SSSR count). The number of carbonyl (C=O) groups is 1. The van der Waals surface area contributed by atoms with Crippen LogP contribution in [0.15, 0.2) is 30.5 Å². The molecule has 2 N–H and O–H groups in total. The lowest BCUT2D eigenvalue weighted by molar-refractivity contribution is -0.116. The van der Waals surface area contributed by atoms with E-state index in [-0.39, 0.29) is 5.91 Å². The van der Waals surface area contributed by atoms with Crippen LogP contribution in [0.25, 0.3) is 0 Å². The van der Waals surface area contributed by atoms with Crippen molar-refractivity contribution >= 4 is 11.7 Å². The Hall–Kier alpha value is -1.84. The molecular formula is C10H13N3O. The summed E-state index contributed by atoms with van der Waals surface area (Å²) in [5, 5.41) is 0. The number of nitrogens with zero attached hydrogens (tertiary/aromatic N) is 1. The number of aryl methyl sites for hydroxylation is 1. The van der Waals surface area contributed by atoms with Crippen LogP contribution in [0.1, 0.15) is 12.5 Å². The Morgan fingerprint density at radius 2 is 2.29 bits per heavy atom. The van der Waals surface area contributed by atoms with Crippen molar-refractivity contribution in [2.45, 2.75) is 13.8 Å². The monoisotopic (exact) mass is 191 g/mol. The number of amides is 1. The summed E-state index contributed by atoms with van der Waals surface area (Å²) in [6, 6.07) is 3.74. The molecule has 1 heterocycles. The maximum absolute atomic E-state index is 11.1. The molecule has 0 saturated heterocycles. The van der Waals surface area contributed by atoms with Crippen LogP contribution < -0.4 is 10.9 Å². The van der Waals surface area contributed by atoms with Crippen LogP contribution in [0.3, 0.4) is 0 Å². The topological polar surface area (TPSA) is 54.0 Å². The lowest BCUT2D eigenvalue weighted by Gasteiger charge is -2.08. The van der Waals surface area contributed by atoms with Gasteiger partial charge in [-0.3, -0.25) is 15.6 Å². The molecule has 0 bridgehead atoms. The van der Waals surface area contributed by atoms with Gasteiger partial charge in [0, 0.05) is 11.8 Å². The third kappa shape index (κ3) is 2.58. The number of nitrogens with one attached hydrogen (secondary N) is 2. The van der Waals surface area contributed by atoms with Crippen molar-refractivity contribution in [2.75, 3.05) is 5.43 Å². The number of hydrazine groups is 1. The summed E-state index contributed by atoms with van der Waals surface area (Å²) in [5.74, 6) is 0.400. The fourth-order valence-electron chi connectivity index (χ4n) is 0.839. The minimum absolute atomic E-state index is 0.241. The third-order valence-corrected chi connectivity index (χ3v) is 1.69. The fourth-order valence-corrected chi connectivity index (χ4v) is 0.839. The molecule has 74 valence electrons. The van der Waals surface area contributed by atoms with Gasteiger partial charge in [0.1, 0.15) is 5.82 Å². The van der Waals surface area contributed by atoms with Gasteiger partial charge in [-0.1, -0.05) is 12.6 Å². The van der Waals surface area contributed by atoms with Crippen molar-refractivity contribution in [1.29, 1.82) is 0 Å². The quantitative estimate of drug-likeness (QED) is 0.561. The predicted molar refractivity (Wildman–Crippen MR) is 55.6 cm³/mol. The lowest BCUT2D eigenvalue weighted by atomic mass is 10.3. The molecule has 4 heteroatoms. The van der Waals surface area contributed by atoms with E-state index in [9.17, 15) is 4.79 Å². The van der Waals surface area contributed by atoms with Crippen LogP contribution in [-0.4, -0.2) is 10.9 Å². The Labute approximate surface area is 83.0 Å². The second-order valence-electron chi connectivity index (χ2n) is 3.03. The van der Waals surface area contributed by atoms with E-state index in [1.165, 1.54) is 0 Å². The van der Waals surface area contributed by atoms with Crippen LogP contribution in [0.4, 0.5) is 5.82 Å². The van der Waals surface area contributed by atoms with E-state index in [2.05, 4.69) is 22.4 Å². The highest BCUT2D eigenvalue weighted by atomic mass is 16.2. The summed E-state index contributed by atoms with van der Waals surface area (Å²) < 4.78 is 0. The van der Waals surface area contributed by atoms with E-state index in [0.29, 0.717) is 11.4 Å². The normalized spacial score (nSPS) is 9.29. The van der Waals surface area contributed by atoms with E-state index in [4.69, 9.17) is 0 Å². The molecule has 1 aromatic rings. The summed E-state index contributed by atoms with van der Waals surface area (Å²) in [7, 11) is 0. The SMILES string of the molecule is C=C(C)C(=O)NNc1ncccc1C. The Bertz CT molecular complexity index is 360. The molecule has 0 aliphatic rings. The van der Waals surface area contributed by atoms with E-state index < -0.39 is 0 Å². The molecule has 1 aromatic heterocycles. The van der Waals surface area contributed by atoms with Crippen molar-refractivity contribution in [3.05, 3.63) is 36.0 Å². The van der Waals surface area contributed by atoms with E-state index in [1.807, 2.05) is 19.1 Å². The number of pyridine rings is 1. The number of hydrogen-bond donors (Lipinski definition) is 2. The molecule has 0 saturated carbocycles. The minimum Gasteiger partial charge on any atom is -0.281 e. The summed E-state index contributed by atoms with van der Waals surface area (Å²) >= 11 is 0. The van der Waals surface area contributed by atoms with Crippen LogP contribution >= 0.6 is 0 Å². The number of carbonyl (C=O) groups excluding carboxylic acids is 1. The van der Waals surface area contributed by atoms with Crippen LogP contribution in [-0.2, 0) is 4.79 Å². The summed E-state index contributed by atoms with van der Waals surface area (Å²) in [6.07, 6.45) is 1.66. The van der Waals surface area contributed by atoms with Gasteiger partial charge in [0.2, 0.25) is 0 Å². The second kappa shape index (κ2) is 4.41. The fraction of sp³-hybridized carbons (Fsp3) is 0.200. The number of aromatic nitrogens is 1. The molecule has 0 atom stereocenters. The second-order valence-corrected chi connectivity index (χ2v) is 3.03. The largest absolute Gasteiger partial charge is 0.281 e. The van der Waals surface area contributed by atoms with Crippen molar-refractivity contribution in [2.24, 2.45) is 0 Å². The molecular weight excluding hydrogens is 178 g/mol. The number of rotatable bonds is 3. The van der Waals surface area contributed by atoms with Gasteiger partial charge in [0.05, 0.1) is 0 Å². The van der Waals surface area contributed by atoms with Gasteiger partial charge in [-0.15, -0.1) is 0 Å². The maximum Gasteiger partial charge on any atom is 0.264 e. The minimum atomic E-state index is -0.241. The number of hydrogen-bond acceptors (Lipinski definition) is 3. The van der Waals surface area contributed by atoms with Crippen molar-refractivity contribution in [3.63, 3.8) is 0 Å². The molecule has 0 aliphatic heterocycles. The smallest absolute Gasteiger partial charge is 0.264 e. The molecule has 0 spiro atoms. The van der Waals surface area contributed by atoms with Gasteiger partial charge in [0.25, 0.3) is 5.91 Å². The first-order chi connectivity index (χ1) is 6.61. The summed E-state index contributed by atoms with van der Waals surface area (Å²) in [6.45, 7) is 7.06. The molecule has 4 nitrogen and oxygen atoms in total. The van der Waals surface area contributed by atoms with Crippen molar-refractivity contribution in [3.8, 4) is 0 Å². The Balaban J connectivity index is 2.58. The molecule has 14 heavy (non-hydrogen) atoms. The van der Waals surface area contributed by atoms with E-state index >= 15 is 0 Å². The van der Waals surface area contributed by atoms with Gasteiger partial charge in [-0.05, 0) is 25.5 Å². The first kappa shape index (κ1) is 10.2. The van der Waals surface area contributed by atoms with Gasteiger partial charge >= 0.3 is 0 Å². The average molecular weight is 191 g/mol. The zero-order chi connectivity index (χ0) is 10.6. The maximum atomic E-state index is 11.1. The Morgan fingerprint density at radius 3 is 2.86 bits per heavy atom. The number of anilines is 1. The van der Waals surface area contributed by atoms with Crippen molar-refractivity contribution < 1.29 is 4.79 Å². The van der Waals surface area contributed by atoms with E-state index in [1.54, 1.807) is 13.1 Å². The Kier molecular flexibility index (Phi) is 3.23. The first-order valence-electron chi connectivity index (χ1n) is 4.24. The zero-order valence-electron chi connectivity index (χ0n) is 8.29. The lowest BCUT2D eigenvalue weighted by Crippen LogP contribution is -2.30. The zero-order valence-corrected chi connectivity index (χ0v) is 8.29.